The van der Waals surface area contributed by atoms with Crippen LogP contribution in [0.1, 0.15) is 16.7 Å². The molecular formula is C19H21ClFNOS2. The van der Waals surface area contributed by atoms with Gasteiger partial charge in [-0.15, -0.1) is 11.8 Å². The molecule has 0 saturated heterocycles. The van der Waals surface area contributed by atoms with Crippen LogP contribution in [0, 0.1) is 12.7 Å². The number of aryl methyl sites for hydroxylation is 1. The largest absolute Gasteiger partial charge is 0.355 e. The van der Waals surface area contributed by atoms with Crippen LogP contribution in [-0.4, -0.2) is 24.0 Å². The lowest BCUT2D eigenvalue weighted by molar-refractivity contribution is -0.118. The van der Waals surface area contributed by atoms with E-state index >= 15 is 0 Å². The number of carbonyl (C=O) groups is 1. The molecule has 0 atom stereocenters. The smallest absolute Gasteiger partial charge is 0.230 e. The Morgan fingerprint density at radius 1 is 1.12 bits per heavy atom. The zero-order valence-corrected chi connectivity index (χ0v) is 16.4. The molecule has 25 heavy (non-hydrogen) atoms. The predicted octanol–water partition coefficient (Wildman–Crippen LogP) is 5.07. The summed E-state index contributed by atoms with van der Waals surface area (Å²) in [6.45, 7) is 2.74. The molecule has 0 heterocycles. The van der Waals surface area contributed by atoms with Crippen LogP contribution in [-0.2, 0) is 16.3 Å². The summed E-state index contributed by atoms with van der Waals surface area (Å²) in [6.07, 6.45) is 0. The molecule has 134 valence electrons. The number of amides is 1. The Hall–Kier alpha value is -1.17. The van der Waals surface area contributed by atoms with E-state index in [1.54, 1.807) is 23.9 Å². The Balaban J connectivity index is 1.59. The Labute approximate surface area is 161 Å². The van der Waals surface area contributed by atoms with E-state index in [1.165, 1.54) is 29.0 Å². The lowest BCUT2D eigenvalue weighted by Gasteiger charge is -2.08. The van der Waals surface area contributed by atoms with E-state index in [2.05, 4.69) is 24.4 Å². The highest BCUT2D eigenvalue weighted by Gasteiger charge is 2.08. The van der Waals surface area contributed by atoms with Gasteiger partial charge in [0.25, 0.3) is 0 Å². The van der Waals surface area contributed by atoms with Crippen LogP contribution >= 0.6 is 35.1 Å². The van der Waals surface area contributed by atoms with Crippen molar-refractivity contribution in [1.82, 2.24) is 5.32 Å². The molecule has 0 saturated carbocycles. The first-order valence-electron chi connectivity index (χ1n) is 7.97. The molecular weight excluding hydrogens is 377 g/mol. The fourth-order valence-corrected chi connectivity index (χ4v) is 4.31. The Kier molecular flexibility index (Phi) is 8.65. The van der Waals surface area contributed by atoms with Crippen LogP contribution in [0.15, 0.2) is 42.5 Å². The zero-order valence-electron chi connectivity index (χ0n) is 14.1. The van der Waals surface area contributed by atoms with Crippen molar-refractivity contribution in [2.75, 3.05) is 18.1 Å². The molecule has 0 unspecified atom stereocenters. The van der Waals surface area contributed by atoms with Gasteiger partial charge in [0.1, 0.15) is 5.82 Å². The number of rotatable bonds is 9. The third-order valence-corrected chi connectivity index (χ3v) is 5.95. The standard InChI is InChI=1S/C19H21ClFNOS2/c1-14-5-2-3-6-15(14)11-24-10-9-22-19(23)13-25-12-16-17(20)7-4-8-18(16)21/h2-8H,9-13H2,1H3,(H,22,23). The number of hydrogen-bond donors (Lipinski definition) is 1. The van der Waals surface area contributed by atoms with Gasteiger partial charge in [-0.25, -0.2) is 4.39 Å². The van der Waals surface area contributed by atoms with E-state index in [0.29, 0.717) is 28.6 Å². The summed E-state index contributed by atoms with van der Waals surface area (Å²) in [7, 11) is 0. The Morgan fingerprint density at radius 3 is 2.68 bits per heavy atom. The molecule has 0 radical (unpaired) electrons. The molecule has 2 rings (SSSR count). The van der Waals surface area contributed by atoms with E-state index in [-0.39, 0.29) is 11.7 Å². The number of carbonyl (C=O) groups excluding carboxylic acids is 1. The number of halogens is 2. The van der Waals surface area contributed by atoms with Crippen molar-refractivity contribution < 1.29 is 9.18 Å². The summed E-state index contributed by atoms with van der Waals surface area (Å²) in [5.74, 6) is 2.14. The molecule has 6 heteroatoms. The SMILES string of the molecule is Cc1ccccc1CSCCNC(=O)CSCc1c(F)cccc1Cl. The van der Waals surface area contributed by atoms with Crippen LogP contribution < -0.4 is 5.32 Å². The average Bonchev–Trinajstić information content (AvgIpc) is 2.59. The fraction of sp³-hybridized carbons (Fsp3) is 0.316. The molecule has 0 bridgehead atoms. The lowest BCUT2D eigenvalue weighted by Crippen LogP contribution is -2.27. The van der Waals surface area contributed by atoms with Crippen LogP contribution in [0.25, 0.3) is 0 Å². The van der Waals surface area contributed by atoms with Crippen molar-refractivity contribution in [3.05, 3.63) is 70.0 Å². The van der Waals surface area contributed by atoms with Crippen LogP contribution in [0.4, 0.5) is 4.39 Å². The molecule has 0 aliphatic heterocycles. The molecule has 2 aromatic rings. The lowest BCUT2D eigenvalue weighted by atomic mass is 10.1. The van der Waals surface area contributed by atoms with Gasteiger partial charge in [0.05, 0.1) is 5.75 Å². The summed E-state index contributed by atoms with van der Waals surface area (Å²) in [5, 5.41) is 3.29. The molecule has 0 fully saturated rings. The highest BCUT2D eigenvalue weighted by atomic mass is 35.5. The summed E-state index contributed by atoms with van der Waals surface area (Å²) in [4.78, 5) is 11.8. The van der Waals surface area contributed by atoms with E-state index in [0.717, 1.165) is 11.5 Å². The maximum Gasteiger partial charge on any atom is 0.230 e. The average molecular weight is 398 g/mol. The molecule has 0 aliphatic carbocycles. The highest BCUT2D eigenvalue weighted by Crippen LogP contribution is 2.23. The zero-order chi connectivity index (χ0) is 18.1. The first kappa shape index (κ1) is 20.1. The number of hydrogen-bond acceptors (Lipinski definition) is 3. The van der Waals surface area contributed by atoms with Crippen LogP contribution in [0.3, 0.4) is 0 Å². The van der Waals surface area contributed by atoms with Crippen molar-refractivity contribution >= 4 is 41.0 Å². The maximum absolute atomic E-state index is 13.6. The number of nitrogens with one attached hydrogen (secondary N) is 1. The van der Waals surface area contributed by atoms with Gasteiger partial charge in [-0.3, -0.25) is 4.79 Å². The monoisotopic (exact) mass is 397 g/mol. The second-order valence-electron chi connectivity index (χ2n) is 5.52. The fourth-order valence-electron chi connectivity index (χ4n) is 2.18. The first-order valence-corrected chi connectivity index (χ1v) is 10.7. The molecule has 2 nitrogen and oxygen atoms in total. The summed E-state index contributed by atoms with van der Waals surface area (Å²) < 4.78 is 13.6. The molecule has 1 amide bonds. The second-order valence-corrected chi connectivity index (χ2v) is 8.02. The van der Waals surface area contributed by atoms with Gasteiger partial charge in [0, 0.05) is 34.4 Å². The topological polar surface area (TPSA) is 29.1 Å². The first-order chi connectivity index (χ1) is 12.1. The minimum atomic E-state index is -0.326. The minimum absolute atomic E-state index is 0.0334. The molecule has 2 aromatic carbocycles. The van der Waals surface area contributed by atoms with E-state index < -0.39 is 0 Å². The Bertz CT molecular complexity index is 691. The van der Waals surface area contributed by atoms with Gasteiger partial charge in [-0.1, -0.05) is 41.9 Å². The van der Waals surface area contributed by atoms with Crippen molar-refractivity contribution in [1.29, 1.82) is 0 Å². The van der Waals surface area contributed by atoms with Crippen molar-refractivity contribution in [2.45, 2.75) is 18.4 Å². The molecule has 0 aliphatic rings. The predicted molar refractivity (Wildman–Crippen MR) is 108 cm³/mol. The van der Waals surface area contributed by atoms with E-state index in [1.807, 2.05) is 12.1 Å². The van der Waals surface area contributed by atoms with E-state index in [4.69, 9.17) is 11.6 Å². The Morgan fingerprint density at radius 2 is 1.92 bits per heavy atom. The molecule has 0 aromatic heterocycles. The van der Waals surface area contributed by atoms with Gasteiger partial charge in [-0.05, 0) is 30.2 Å². The molecule has 0 spiro atoms. The highest BCUT2D eigenvalue weighted by molar-refractivity contribution is 7.99. The normalized spacial score (nSPS) is 10.7. The molecule has 1 N–H and O–H groups in total. The second kappa shape index (κ2) is 10.7. The van der Waals surface area contributed by atoms with Gasteiger partial charge in [0.15, 0.2) is 0 Å². The van der Waals surface area contributed by atoms with Gasteiger partial charge >= 0.3 is 0 Å². The van der Waals surface area contributed by atoms with Crippen LogP contribution in [0.5, 0.6) is 0 Å². The van der Waals surface area contributed by atoms with Crippen molar-refractivity contribution in [3.8, 4) is 0 Å². The summed E-state index contributed by atoms with van der Waals surface area (Å²) in [6, 6.07) is 12.9. The third kappa shape index (κ3) is 6.92. The van der Waals surface area contributed by atoms with Gasteiger partial charge < -0.3 is 5.32 Å². The van der Waals surface area contributed by atoms with Crippen LogP contribution in [0.2, 0.25) is 5.02 Å². The summed E-state index contributed by atoms with van der Waals surface area (Å²) in [5.41, 5.74) is 3.08. The van der Waals surface area contributed by atoms with Crippen molar-refractivity contribution in [3.63, 3.8) is 0 Å². The van der Waals surface area contributed by atoms with E-state index in [9.17, 15) is 9.18 Å². The number of benzene rings is 2. The van der Waals surface area contributed by atoms with Gasteiger partial charge in [-0.2, -0.15) is 11.8 Å². The van der Waals surface area contributed by atoms with Gasteiger partial charge in [0.2, 0.25) is 5.91 Å². The summed E-state index contributed by atoms with van der Waals surface area (Å²) >= 11 is 9.13. The van der Waals surface area contributed by atoms with Crippen molar-refractivity contribution in [2.24, 2.45) is 0 Å². The number of thioether (sulfide) groups is 2. The maximum atomic E-state index is 13.6. The minimum Gasteiger partial charge on any atom is -0.355 e. The third-order valence-electron chi connectivity index (χ3n) is 3.63. The quantitative estimate of drug-likeness (QED) is 0.599.